The molecular weight excluding hydrogens is 347 g/mol. The van der Waals surface area contributed by atoms with Gasteiger partial charge in [-0.25, -0.2) is 13.2 Å². The monoisotopic (exact) mass is 363 g/mol. The molecule has 2 aromatic carbocycles. The lowest BCUT2D eigenvalue weighted by Crippen LogP contribution is -2.30. The number of carbonyl (C=O) groups excluding carboxylic acids is 2. The first-order valence-corrected chi connectivity index (χ1v) is 8.07. The van der Waals surface area contributed by atoms with E-state index in [-0.39, 0.29) is 17.4 Å². The summed E-state index contributed by atoms with van der Waals surface area (Å²) in [7, 11) is 0. The van der Waals surface area contributed by atoms with Crippen LogP contribution in [0.2, 0.25) is 0 Å². The van der Waals surface area contributed by atoms with Gasteiger partial charge in [0.05, 0.1) is 11.6 Å². The first kappa shape index (κ1) is 18.0. The van der Waals surface area contributed by atoms with Gasteiger partial charge in [-0.15, -0.1) is 0 Å². The van der Waals surface area contributed by atoms with Crippen LogP contribution in [0.5, 0.6) is 0 Å². The zero-order chi connectivity index (χ0) is 18.8. The number of carbonyl (C=O) groups is 2. The quantitative estimate of drug-likeness (QED) is 0.823. The largest absolute Gasteiger partial charge is 0.452 e. The van der Waals surface area contributed by atoms with Crippen molar-refractivity contribution in [3.63, 3.8) is 0 Å². The molecule has 0 aromatic heterocycles. The van der Waals surface area contributed by atoms with Crippen molar-refractivity contribution >= 4 is 17.6 Å². The van der Waals surface area contributed by atoms with Crippen LogP contribution in [0.25, 0.3) is 0 Å². The molecule has 2 aromatic rings. The molecule has 3 atom stereocenters. The van der Waals surface area contributed by atoms with Crippen LogP contribution >= 0.6 is 0 Å². The summed E-state index contributed by atoms with van der Waals surface area (Å²) < 4.78 is 44.5. The van der Waals surface area contributed by atoms with Crippen molar-refractivity contribution in [1.82, 2.24) is 0 Å². The van der Waals surface area contributed by atoms with E-state index in [1.54, 1.807) is 12.1 Å². The standard InChI is InChI=1S/C19H16F3NO3/c1-10(18(24)23-17-7-6-13(21)8-16(17)22)26-19(25)15-9-14(15)11-2-4-12(20)5-3-11/h2-8,10,14-15H,9H2,1H3,(H,23,24). The highest BCUT2D eigenvalue weighted by molar-refractivity contribution is 5.95. The number of nitrogens with one attached hydrogen (secondary N) is 1. The molecule has 1 amide bonds. The molecule has 1 aliphatic rings. The Bertz CT molecular complexity index is 838. The van der Waals surface area contributed by atoms with Gasteiger partial charge in [-0.3, -0.25) is 9.59 Å². The summed E-state index contributed by atoms with van der Waals surface area (Å²) in [6.45, 7) is 1.37. The van der Waals surface area contributed by atoms with E-state index < -0.39 is 35.5 Å². The Labute approximate surface area is 148 Å². The van der Waals surface area contributed by atoms with Crippen LogP contribution in [0.4, 0.5) is 18.9 Å². The summed E-state index contributed by atoms with van der Waals surface area (Å²) in [4.78, 5) is 24.2. The Balaban J connectivity index is 1.54. The third-order valence-electron chi connectivity index (χ3n) is 4.24. The molecular formula is C19H16F3NO3. The number of esters is 1. The van der Waals surface area contributed by atoms with Gasteiger partial charge < -0.3 is 10.1 Å². The van der Waals surface area contributed by atoms with Crippen molar-refractivity contribution in [3.05, 3.63) is 65.5 Å². The maximum Gasteiger partial charge on any atom is 0.310 e. The average Bonchev–Trinajstić information content (AvgIpc) is 3.38. The van der Waals surface area contributed by atoms with Gasteiger partial charge in [0.1, 0.15) is 17.5 Å². The molecule has 26 heavy (non-hydrogen) atoms. The van der Waals surface area contributed by atoms with E-state index in [1.807, 2.05) is 0 Å². The second-order valence-corrected chi connectivity index (χ2v) is 6.19. The zero-order valence-electron chi connectivity index (χ0n) is 13.8. The number of ether oxygens (including phenoxy) is 1. The molecule has 0 aliphatic heterocycles. The van der Waals surface area contributed by atoms with E-state index >= 15 is 0 Å². The molecule has 4 nitrogen and oxygen atoms in total. The summed E-state index contributed by atoms with van der Waals surface area (Å²) in [6.07, 6.45) is -0.577. The SMILES string of the molecule is CC(OC(=O)C1CC1c1ccc(F)cc1)C(=O)Nc1ccc(F)cc1F. The highest BCUT2D eigenvalue weighted by Crippen LogP contribution is 2.48. The topological polar surface area (TPSA) is 55.4 Å². The number of anilines is 1. The lowest BCUT2D eigenvalue weighted by atomic mass is 10.1. The Morgan fingerprint density at radius 2 is 1.73 bits per heavy atom. The molecule has 0 heterocycles. The van der Waals surface area contributed by atoms with Crippen LogP contribution in [-0.2, 0) is 14.3 Å². The molecule has 0 spiro atoms. The predicted molar refractivity (Wildman–Crippen MR) is 87.8 cm³/mol. The minimum atomic E-state index is -1.14. The third kappa shape index (κ3) is 4.04. The number of rotatable bonds is 5. The summed E-state index contributed by atoms with van der Waals surface area (Å²) in [5.74, 6) is -3.75. The predicted octanol–water partition coefficient (Wildman–Crippen LogP) is 3.78. The van der Waals surface area contributed by atoms with E-state index in [0.29, 0.717) is 12.5 Å². The number of benzene rings is 2. The summed E-state index contributed by atoms with van der Waals surface area (Å²) in [5, 5.41) is 2.25. The Kier molecular flexibility index (Phi) is 4.97. The molecule has 7 heteroatoms. The zero-order valence-corrected chi connectivity index (χ0v) is 13.8. The van der Waals surface area contributed by atoms with E-state index in [0.717, 1.165) is 17.7 Å². The fourth-order valence-electron chi connectivity index (χ4n) is 2.67. The van der Waals surface area contributed by atoms with Gasteiger partial charge in [0, 0.05) is 6.07 Å². The number of hydrogen-bond acceptors (Lipinski definition) is 3. The van der Waals surface area contributed by atoms with Gasteiger partial charge in [-0.1, -0.05) is 12.1 Å². The van der Waals surface area contributed by atoms with E-state index in [4.69, 9.17) is 4.74 Å². The maximum absolute atomic E-state index is 13.6. The van der Waals surface area contributed by atoms with Gasteiger partial charge in [-0.05, 0) is 49.1 Å². The van der Waals surface area contributed by atoms with Crippen LogP contribution in [0.1, 0.15) is 24.8 Å². The van der Waals surface area contributed by atoms with Gasteiger partial charge in [-0.2, -0.15) is 0 Å². The molecule has 0 bridgehead atoms. The van der Waals surface area contributed by atoms with Crippen molar-refractivity contribution < 1.29 is 27.5 Å². The fourth-order valence-corrected chi connectivity index (χ4v) is 2.67. The van der Waals surface area contributed by atoms with Crippen molar-refractivity contribution in [1.29, 1.82) is 0 Å². The molecule has 136 valence electrons. The molecule has 1 saturated carbocycles. The minimum Gasteiger partial charge on any atom is -0.452 e. The smallest absolute Gasteiger partial charge is 0.310 e. The van der Waals surface area contributed by atoms with Gasteiger partial charge in [0.25, 0.3) is 5.91 Å². The normalized spacial score (nSPS) is 19.5. The van der Waals surface area contributed by atoms with Gasteiger partial charge >= 0.3 is 5.97 Å². The number of hydrogen-bond donors (Lipinski definition) is 1. The first-order valence-electron chi connectivity index (χ1n) is 8.07. The summed E-state index contributed by atoms with van der Waals surface area (Å²) >= 11 is 0. The van der Waals surface area contributed by atoms with Crippen LogP contribution < -0.4 is 5.32 Å². The highest BCUT2D eigenvalue weighted by Gasteiger charge is 2.46. The summed E-state index contributed by atoms with van der Waals surface area (Å²) in [6, 6.07) is 8.60. The Morgan fingerprint density at radius 1 is 1.08 bits per heavy atom. The van der Waals surface area contributed by atoms with E-state index in [9.17, 15) is 22.8 Å². The average molecular weight is 363 g/mol. The summed E-state index contributed by atoms with van der Waals surface area (Å²) in [5.41, 5.74) is 0.633. The molecule has 1 fully saturated rings. The lowest BCUT2D eigenvalue weighted by Gasteiger charge is -2.14. The van der Waals surface area contributed by atoms with Crippen LogP contribution in [0, 0.1) is 23.4 Å². The molecule has 3 unspecified atom stereocenters. The van der Waals surface area contributed by atoms with Crippen molar-refractivity contribution in [2.45, 2.75) is 25.4 Å². The first-order chi connectivity index (χ1) is 12.3. The minimum absolute atomic E-state index is 0.0621. The van der Waals surface area contributed by atoms with Crippen LogP contribution in [0.3, 0.4) is 0 Å². The van der Waals surface area contributed by atoms with Crippen LogP contribution in [-0.4, -0.2) is 18.0 Å². The van der Waals surface area contributed by atoms with Crippen molar-refractivity contribution in [3.8, 4) is 0 Å². The van der Waals surface area contributed by atoms with Gasteiger partial charge in [0.15, 0.2) is 6.10 Å². The Hall–Kier alpha value is -2.83. The second kappa shape index (κ2) is 7.19. The highest BCUT2D eigenvalue weighted by atomic mass is 19.1. The molecule has 0 saturated heterocycles. The van der Waals surface area contributed by atoms with E-state index in [2.05, 4.69) is 5.32 Å². The fraction of sp³-hybridized carbons (Fsp3) is 0.263. The molecule has 1 aliphatic carbocycles. The molecule has 1 N–H and O–H groups in total. The molecule has 3 rings (SSSR count). The number of halogens is 3. The maximum atomic E-state index is 13.6. The lowest BCUT2D eigenvalue weighted by molar-refractivity contribution is -0.154. The van der Waals surface area contributed by atoms with Crippen LogP contribution in [0.15, 0.2) is 42.5 Å². The third-order valence-corrected chi connectivity index (χ3v) is 4.24. The second-order valence-electron chi connectivity index (χ2n) is 6.19. The van der Waals surface area contributed by atoms with Crippen molar-refractivity contribution in [2.24, 2.45) is 5.92 Å². The van der Waals surface area contributed by atoms with Gasteiger partial charge in [0.2, 0.25) is 0 Å². The molecule has 0 radical (unpaired) electrons. The number of amides is 1. The van der Waals surface area contributed by atoms with Crippen molar-refractivity contribution in [2.75, 3.05) is 5.32 Å². The Morgan fingerprint density at radius 3 is 2.38 bits per heavy atom. The van der Waals surface area contributed by atoms with E-state index in [1.165, 1.54) is 19.1 Å².